The molecule has 7 heteroatoms. The minimum atomic E-state index is -0.604. The molecular weight excluding hydrogens is 358 g/mol. The molecule has 0 spiro atoms. The summed E-state index contributed by atoms with van der Waals surface area (Å²) in [6, 6.07) is 5.05. The van der Waals surface area contributed by atoms with Crippen molar-refractivity contribution >= 4 is 23.6 Å². The molecule has 28 heavy (non-hydrogen) atoms. The first-order valence-corrected chi connectivity index (χ1v) is 9.88. The highest BCUT2D eigenvalue weighted by atomic mass is 16.2. The van der Waals surface area contributed by atoms with Gasteiger partial charge in [-0.3, -0.25) is 24.5 Å². The molecule has 0 aromatic heterocycles. The van der Waals surface area contributed by atoms with Crippen molar-refractivity contribution in [2.24, 2.45) is 5.92 Å². The van der Waals surface area contributed by atoms with E-state index in [1.165, 1.54) is 4.90 Å². The molecule has 2 aliphatic heterocycles. The number of fused-ring (bicyclic) bond motifs is 1. The van der Waals surface area contributed by atoms with Crippen molar-refractivity contribution in [3.05, 3.63) is 34.9 Å². The van der Waals surface area contributed by atoms with Gasteiger partial charge in [0.05, 0.1) is 0 Å². The molecule has 7 nitrogen and oxygen atoms in total. The molecule has 150 valence electrons. The lowest BCUT2D eigenvalue weighted by atomic mass is 10.0. The molecule has 0 saturated carbocycles. The third-order valence-electron chi connectivity index (χ3n) is 5.28. The number of nitrogens with one attached hydrogen (secondary N) is 2. The maximum absolute atomic E-state index is 12.8. The molecule has 3 rings (SSSR count). The number of carbonyl (C=O) groups is 4. The molecule has 1 saturated heterocycles. The zero-order valence-corrected chi connectivity index (χ0v) is 16.4. The summed E-state index contributed by atoms with van der Waals surface area (Å²) in [4.78, 5) is 49.7. The molecule has 1 atom stereocenters. The van der Waals surface area contributed by atoms with Gasteiger partial charge in [0.15, 0.2) is 0 Å². The van der Waals surface area contributed by atoms with E-state index in [9.17, 15) is 19.2 Å². The van der Waals surface area contributed by atoms with Crippen LogP contribution in [-0.2, 0) is 27.3 Å². The molecule has 0 aliphatic carbocycles. The second-order valence-corrected chi connectivity index (χ2v) is 7.92. The highest BCUT2D eigenvalue weighted by Crippen LogP contribution is 2.28. The van der Waals surface area contributed by atoms with Gasteiger partial charge in [-0.15, -0.1) is 0 Å². The van der Waals surface area contributed by atoms with Gasteiger partial charge in [-0.05, 0) is 42.4 Å². The molecule has 1 unspecified atom stereocenters. The first-order chi connectivity index (χ1) is 13.3. The fourth-order valence-electron chi connectivity index (χ4n) is 3.60. The van der Waals surface area contributed by atoms with Crippen molar-refractivity contribution in [3.8, 4) is 0 Å². The first kappa shape index (κ1) is 20.0. The van der Waals surface area contributed by atoms with Gasteiger partial charge in [-0.2, -0.15) is 0 Å². The van der Waals surface area contributed by atoms with E-state index in [4.69, 9.17) is 0 Å². The van der Waals surface area contributed by atoms with Crippen LogP contribution in [0.3, 0.4) is 0 Å². The summed E-state index contributed by atoms with van der Waals surface area (Å²) >= 11 is 0. The quantitative estimate of drug-likeness (QED) is 0.696. The molecule has 2 aliphatic rings. The number of carbonyl (C=O) groups excluding carboxylic acids is 4. The van der Waals surface area contributed by atoms with Gasteiger partial charge in [0.25, 0.3) is 5.91 Å². The summed E-state index contributed by atoms with van der Waals surface area (Å²) in [6.07, 6.45) is 2.49. The lowest BCUT2D eigenvalue weighted by Crippen LogP contribution is -2.52. The molecule has 2 heterocycles. The summed E-state index contributed by atoms with van der Waals surface area (Å²) in [5, 5.41) is 5.22. The maximum Gasteiger partial charge on any atom is 0.255 e. The lowest BCUT2D eigenvalue weighted by molar-refractivity contribution is -0.137. The Balaban J connectivity index is 1.58. The third-order valence-corrected chi connectivity index (χ3v) is 5.28. The minimum absolute atomic E-state index is 0.0117. The number of nitrogens with zero attached hydrogens (tertiary/aromatic N) is 1. The number of hydrogen-bond donors (Lipinski definition) is 2. The van der Waals surface area contributed by atoms with Crippen LogP contribution in [0.15, 0.2) is 18.2 Å². The Morgan fingerprint density at radius 3 is 2.79 bits per heavy atom. The van der Waals surface area contributed by atoms with Crippen LogP contribution in [0.2, 0.25) is 0 Å². The second-order valence-electron chi connectivity index (χ2n) is 7.92. The van der Waals surface area contributed by atoms with Crippen LogP contribution in [-0.4, -0.2) is 41.1 Å². The van der Waals surface area contributed by atoms with Crippen molar-refractivity contribution in [2.45, 2.75) is 58.5 Å². The number of imide groups is 1. The van der Waals surface area contributed by atoms with Crippen LogP contribution in [0.1, 0.15) is 61.0 Å². The van der Waals surface area contributed by atoms with Crippen molar-refractivity contribution in [3.63, 3.8) is 0 Å². The molecule has 0 radical (unpaired) electrons. The van der Waals surface area contributed by atoms with Crippen LogP contribution in [0.25, 0.3) is 0 Å². The van der Waals surface area contributed by atoms with Crippen LogP contribution in [0.4, 0.5) is 0 Å². The minimum Gasteiger partial charge on any atom is -0.356 e. The van der Waals surface area contributed by atoms with Crippen LogP contribution < -0.4 is 10.6 Å². The molecule has 0 bridgehead atoms. The Morgan fingerprint density at radius 2 is 2.07 bits per heavy atom. The number of aryl methyl sites for hydroxylation is 1. The predicted molar refractivity (Wildman–Crippen MR) is 103 cm³/mol. The fourth-order valence-corrected chi connectivity index (χ4v) is 3.60. The number of hydrogen-bond acceptors (Lipinski definition) is 4. The lowest BCUT2D eigenvalue weighted by Gasteiger charge is -2.29. The average molecular weight is 385 g/mol. The topological polar surface area (TPSA) is 95.6 Å². The molecule has 2 N–H and O–H groups in total. The molecule has 1 fully saturated rings. The van der Waals surface area contributed by atoms with E-state index in [0.717, 1.165) is 17.5 Å². The van der Waals surface area contributed by atoms with Gasteiger partial charge in [0.1, 0.15) is 6.04 Å². The van der Waals surface area contributed by atoms with E-state index in [1.807, 2.05) is 18.2 Å². The molecule has 4 amide bonds. The van der Waals surface area contributed by atoms with Crippen LogP contribution in [0.5, 0.6) is 0 Å². The Labute approximate surface area is 164 Å². The Hall–Kier alpha value is -2.70. The van der Waals surface area contributed by atoms with E-state index in [1.54, 1.807) is 0 Å². The standard InChI is InChI=1S/C21H27N3O4/c1-13(2)9-10-22-18(25)7-4-14-3-5-15-12-24(21(28)16(15)11-14)17-6-8-19(26)23-20(17)27/h3,5,11,13,17H,4,6-10,12H2,1-2H3,(H,22,25)(H,23,26,27). The van der Waals surface area contributed by atoms with Crippen LogP contribution >= 0.6 is 0 Å². The van der Waals surface area contributed by atoms with Crippen molar-refractivity contribution in [1.29, 1.82) is 0 Å². The summed E-state index contributed by atoms with van der Waals surface area (Å²) in [5.74, 6) is -0.323. The zero-order valence-electron chi connectivity index (χ0n) is 16.4. The normalized spacial score (nSPS) is 19.0. The van der Waals surface area contributed by atoms with Gasteiger partial charge in [0.2, 0.25) is 17.7 Å². The van der Waals surface area contributed by atoms with E-state index in [0.29, 0.717) is 43.8 Å². The van der Waals surface area contributed by atoms with Gasteiger partial charge < -0.3 is 10.2 Å². The van der Waals surface area contributed by atoms with E-state index < -0.39 is 11.9 Å². The monoisotopic (exact) mass is 385 g/mol. The number of benzene rings is 1. The highest BCUT2D eigenvalue weighted by Gasteiger charge is 2.39. The van der Waals surface area contributed by atoms with E-state index >= 15 is 0 Å². The number of amides is 4. The summed E-state index contributed by atoms with van der Waals surface area (Å²) in [6.45, 7) is 5.29. The van der Waals surface area contributed by atoms with Crippen molar-refractivity contribution in [2.75, 3.05) is 6.54 Å². The number of rotatable bonds is 7. The SMILES string of the molecule is CC(C)CCNC(=O)CCc1ccc2c(c1)C(=O)N(C1CCC(=O)NC1=O)C2. The summed E-state index contributed by atoms with van der Waals surface area (Å²) in [7, 11) is 0. The Kier molecular flexibility index (Phi) is 6.11. The first-order valence-electron chi connectivity index (χ1n) is 9.88. The van der Waals surface area contributed by atoms with Crippen LogP contribution in [0, 0.1) is 5.92 Å². The molecule has 1 aromatic carbocycles. The Morgan fingerprint density at radius 1 is 1.29 bits per heavy atom. The highest BCUT2D eigenvalue weighted by molar-refractivity contribution is 6.05. The van der Waals surface area contributed by atoms with E-state index in [-0.39, 0.29) is 24.1 Å². The van der Waals surface area contributed by atoms with Gasteiger partial charge >= 0.3 is 0 Å². The van der Waals surface area contributed by atoms with E-state index in [2.05, 4.69) is 24.5 Å². The third kappa shape index (κ3) is 4.58. The van der Waals surface area contributed by atoms with Gasteiger partial charge in [-0.1, -0.05) is 26.0 Å². The van der Waals surface area contributed by atoms with Gasteiger partial charge in [-0.25, -0.2) is 0 Å². The summed E-state index contributed by atoms with van der Waals surface area (Å²) in [5.41, 5.74) is 2.39. The molecule has 1 aromatic rings. The largest absolute Gasteiger partial charge is 0.356 e. The van der Waals surface area contributed by atoms with Crippen molar-refractivity contribution < 1.29 is 19.2 Å². The maximum atomic E-state index is 12.8. The fraction of sp³-hybridized carbons (Fsp3) is 0.524. The smallest absolute Gasteiger partial charge is 0.255 e. The zero-order chi connectivity index (χ0) is 20.3. The Bertz CT molecular complexity index is 803. The van der Waals surface area contributed by atoms with Crippen molar-refractivity contribution in [1.82, 2.24) is 15.5 Å². The average Bonchev–Trinajstić information content (AvgIpc) is 2.96. The number of piperidine rings is 1. The van der Waals surface area contributed by atoms with Gasteiger partial charge in [0, 0.05) is 31.5 Å². The summed E-state index contributed by atoms with van der Waals surface area (Å²) < 4.78 is 0. The second kappa shape index (κ2) is 8.54. The molecular formula is C21H27N3O4. The predicted octanol–water partition coefficient (Wildman–Crippen LogP) is 1.54.